The molecule has 2 aliphatic rings. The topological polar surface area (TPSA) is 113 Å². The summed E-state index contributed by atoms with van der Waals surface area (Å²) in [6.45, 7) is 0.433. The molecular weight excluding hydrogens is 404 g/mol. The van der Waals surface area contributed by atoms with E-state index in [2.05, 4.69) is 0 Å². The molecule has 11 nitrogen and oxygen atoms in total. The lowest BCUT2D eigenvalue weighted by Gasteiger charge is -2.48. The third-order valence-corrected chi connectivity index (χ3v) is 5.51. The molecule has 2 aliphatic heterocycles. The fraction of sp³-hybridized carbons (Fsp3) is 1.00. The van der Waals surface area contributed by atoms with E-state index in [0.29, 0.717) is 0 Å². The fourth-order valence-electron chi connectivity index (χ4n) is 4.12. The van der Waals surface area contributed by atoms with Gasteiger partial charge in [-0.15, -0.1) is 0 Å². The van der Waals surface area contributed by atoms with Gasteiger partial charge in [-0.1, -0.05) is 0 Å². The second-order valence-corrected chi connectivity index (χ2v) is 7.12. The summed E-state index contributed by atoms with van der Waals surface area (Å²) in [4.78, 5) is 0. The minimum atomic E-state index is -1.20. The van der Waals surface area contributed by atoms with E-state index in [1.165, 1.54) is 21.3 Å². The molecule has 0 spiro atoms. The van der Waals surface area contributed by atoms with Crippen LogP contribution in [0.15, 0.2) is 0 Å². The zero-order valence-corrected chi connectivity index (χ0v) is 18.7. The molecule has 0 aromatic carbocycles. The van der Waals surface area contributed by atoms with Gasteiger partial charge in [0.2, 0.25) is 0 Å². The van der Waals surface area contributed by atoms with Gasteiger partial charge in [0.05, 0.1) is 13.2 Å². The summed E-state index contributed by atoms with van der Waals surface area (Å²) in [7, 11) is 10.8. The molecule has 0 saturated carbocycles. The average molecular weight is 440 g/mol. The maximum atomic E-state index is 10.3. The number of hydrogen-bond acceptors (Lipinski definition) is 11. The van der Waals surface area contributed by atoms with Crippen molar-refractivity contribution in [2.45, 2.75) is 61.4 Å². The minimum absolute atomic E-state index is 0.165. The second kappa shape index (κ2) is 12.6. The van der Waals surface area contributed by atoms with Crippen LogP contribution in [0, 0.1) is 0 Å². The van der Waals surface area contributed by atoms with Crippen LogP contribution in [0.2, 0.25) is 0 Å². The zero-order valence-electron chi connectivity index (χ0n) is 18.7. The lowest BCUT2D eigenvalue weighted by atomic mass is 9.96. The van der Waals surface area contributed by atoms with Crippen LogP contribution in [0.4, 0.5) is 0 Å². The van der Waals surface area contributed by atoms with E-state index in [4.69, 9.17) is 47.4 Å². The van der Waals surface area contributed by atoms with Gasteiger partial charge in [0, 0.05) is 49.8 Å². The van der Waals surface area contributed by atoms with Gasteiger partial charge in [-0.3, -0.25) is 0 Å². The Kier molecular flexibility index (Phi) is 10.8. The number of methoxy groups -OCH3 is 7. The van der Waals surface area contributed by atoms with Crippen LogP contribution in [-0.4, -0.2) is 130 Å². The number of ether oxygens (including phenoxy) is 10. The minimum Gasteiger partial charge on any atom is -0.382 e. The first-order chi connectivity index (χ1) is 14.5. The van der Waals surface area contributed by atoms with Gasteiger partial charge in [0.1, 0.15) is 48.8 Å². The van der Waals surface area contributed by atoms with Gasteiger partial charge in [0.25, 0.3) is 0 Å². The van der Waals surface area contributed by atoms with E-state index < -0.39 is 61.4 Å². The zero-order chi connectivity index (χ0) is 22.3. The largest absolute Gasteiger partial charge is 0.382 e. The molecule has 0 aliphatic carbocycles. The Bertz CT molecular complexity index is 481. The molecule has 2 fully saturated rings. The molecule has 0 bridgehead atoms. The summed E-state index contributed by atoms with van der Waals surface area (Å²) in [5.41, 5.74) is 0. The Morgan fingerprint density at radius 1 is 0.567 bits per heavy atom. The quantitative estimate of drug-likeness (QED) is 0.435. The van der Waals surface area contributed by atoms with Crippen molar-refractivity contribution in [3.63, 3.8) is 0 Å². The normalized spacial score (nSPS) is 42.4. The van der Waals surface area contributed by atoms with E-state index >= 15 is 0 Å². The van der Waals surface area contributed by atoms with E-state index in [1.807, 2.05) is 0 Å². The van der Waals surface area contributed by atoms with Crippen LogP contribution in [0.5, 0.6) is 0 Å². The molecular formula is C19H36O11. The highest BCUT2D eigenvalue weighted by molar-refractivity contribution is 4.96. The molecule has 0 amide bonds. The lowest BCUT2D eigenvalue weighted by molar-refractivity contribution is -0.363. The highest BCUT2D eigenvalue weighted by Gasteiger charge is 2.52. The van der Waals surface area contributed by atoms with E-state index in [-0.39, 0.29) is 13.2 Å². The van der Waals surface area contributed by atoms with Crippen molar-refractivity contribution in [1.82, 2.24) is 0 Å². The maximum absolute atomic E-state index is 10.3. The number of aliphatic hydroxyl groups is 1. The van der Waals surface area contributed by atoms with Crippen LogP contribution >= 0.6 is 0 Å². The van der Waals surface area contributed by atoms with Crippen molar-refractivity contribution in [1.29, 1.82) is 0 Å². The van der Waals surface area contributed by atoms with Gasteiger partial charge in [-0.2, -0.15) is 0 Å². The highest BCUT2D eigenvalue weighted by Crippen LogP contribution is 2.33. The van der Waals surface area contributed by atoms with Gasteiger partial charge in [-0.25, -0.2) is 0 Å². The third-order valence-electron chi connectivity index (χ3n) is 5.51. The van der Waals surface area contributed by atoms with Crippen LogP contribution in [-0.2, 0) is 47.4 Å². The average Bonchev–Trinajstić information content (AvgIpc) is 2.74. The fourth-order valence-corrected chi connectivity index (χ4v) is 4.12. The van der Waals surface area contributed by atoms with Gasteiger partial charge in [-0.05, 0) is 0 Å². The smallest absolute Gasteiger partial charge is 0.187 e. The molecule has 2 rings (SSSR count). The Labute approximate surface area is 177 Å². The summed E-state index contributed by atoms with van der Waals surface area (Å²) >= 11 is 0. The van der Waals surface area contributed by atoms with Crippen LogP contribution in [0.25, 0.3) is 0 Å². The van der Waals surface area contributed by atoms with Crippen LogP contribution < -0.4 is 0 Å². The van der Waals surface area contributed by atoms with Gasteiger partial charge < -0.3 is 52.5 Å². The van der Waals surface area contributed by atoms with Gasteiger partial charge in [0.15, 0.2) is 12.6 Å². The SMILES string of the molecule is COCC1O[C@@H](O[C@H]2C(COC)O[C@H](O)[C@H](OC)C2OC)[C@H](OC)C(OC)[C@H]1OC. The molecule has 0 radical (unpaired) electrons. The van der Waals surface area contributed by atoms with Crippen molar-refractivity contribution in [2.24, 2.45) is 0 Å². The van der Waals surface area contributed by atoms with Crippen molar-refractivity contribution < 1.29 is 52.5 Å². The Morgan fingerprint density at radius 3 is 1.50 bits per heavy atom. The van der Waals surface area contributed by atoms with Gasteiger partial charge >= 0.3 is 0 Å². The molecule has 2 saturated heterocycles. The number of hydrogen-bond donors (Lipinski definition) is 1. The molecule has 1 N–H and O–H groups in total. The summed E-state index contributed by atoms with van der Waals surface area (Å²) < 4.78 is 56.6. The molecule has 10 atom stereocenters. The van der Waals surface area contributed by atoms with E-state index in [9.17, 15) is 5.11 Å². The second-order valence-electron chi connectivity index (χ2n) is 7.12. The number of aliphatic hydroxyl groups excluding tert-OH is 1. The summed E-state index contributed by atoms with van der Waals surface area (Å²) in [6, 6.07) is 0. The van der Waals surface area contributed by atoms with Crippen molar-refractivity contribution in [3.8, 4) is 0 Å². The molecule has 178 valence electrons. The Balaban J connectivity index is 2.31. The Morgan fingerprint density at radius 2 is 1.03 bits per heavy atom. The van der Waals surface area contributed by atoms with Crippen LogP contribution in [0.1, 0.15) is 0 Å². The predicted octanol–water partition coefficient (Wildman–Crippen LogP) is -0.818. The monoisotopic (exact) mass is 440 g/mol. The van der Waals surface area contributed by atoms with Crippen molar-refractivity contribution in [2.75, 3.05) is 63.0 Å². The summed E-state index contributed by atoms with van der Waals surface area (Å²) in [5, 5.41) is 10.3. The summed E-state index contributed by atoms with van der Waals surface area (Å²) in [6.07, 6.45) is -6.77. The molecule has 30 heavy (non-hydrogen) atoms. The summed E-state index contributed by atoms with van der Waals surface area (Å²) in [5.74, 6) is 0. The molecule has 4 unspecified atom stereocenters. The van der Waals surface area contributed by atoms with Crippen molar-refractivity contribution in [3.05, 3.63) is 0 Å². The first kappa shape index (κ1) is 25.8. The first-order valence-corrected chi connectivity index (χ1v) is 9.77. The molecule has 11 heteroatoms. The molecule has 2 heterocycles. The van der Waals surface area contributed by atoms with E-state index in [0.717, 1.165) is 0 Å². The molecule has 0 aromatic heterocycles. The highest BCUT2D eigenvalue weighted by atomic mass is 16.7. The van der Waals surface area contributed by atoms with Crippen LogP contribution in [0.3, 0.4) is 0 Å². The Hall–Kier alpha value is -0.440. The standard InChI is InChI=1S/C19H36O11/c1-21-8-10-12(23-3)14(24-4)17(27-7)19(29-10)30-13-11(9-22-2)28-18(20)16(26-6)15(13)25-5/h10-20H,8-9H2,1-7H3/t10?,11?,12-,13-,14?,15?,16+,17+,18-,19-/m0/s1. The maximum Gasteiger partial charge on any atom is 0.187 e. The first-order valence-electron chi connectivity index (χ1n) is 9.77. The number of rotatable bonds is 11. The van der Waals surface area contributed by atoms with Crippen molar-refractivity contribution >= 4 is 0 Å². The van der Waals surface area contributed by atoms with E-state index in [1.54, 1.807) is 28.4 Å². The molecule has 0 aromatic rings. The predicted molar refractivity (Wildman–Crippen MR) is 102 cm³/mol. The third kappa shape index (κ3) is 5.48. The lowest BCUT2D eigenvalue weighted by Crippen LogP contribution is -2.65.